The molecule has 2 amide bonds. The number of rotatable bonds is 4. The first kappa shape index (κ1) is 17.9. The van der Waals surface area contributed by atoms with Gasteiger partial charge in [0.1, 0.15) is 11.5 Å². The number of hydrogen-bond acceptors (Lipinski definition) is 5. The summed E-state index contributed by atoms with van der Waals surface area (Å²) in [6.07, 6.45) is 3.08. The molecule has 1 heterocycles. The van der Waals surface area contributed by atoms with E-state index in [1.54, 1.807) is 48.5 Å². The number of imide groups is 1. The lowest BCUT2D eigenvalue weighted by molar-refractivity contribution is -0.123. The van der Waals surface area contributed by atoms with Crippen molar-refractivity contribution in [3.8, 4) is 11.5 Å². The lowest BCUT2D eigenvalue weighted by atomic mass is 9.81. The van der Waals surface area contributed by atoms with E-state index in [9.17, 15) is 14.4 Å². The van der Waals surface area contributed by atoms with E-state index in [1.165, 1.54) is 12.0 Å². The first-order valence-corrected chi connectivity index (χ1v) is 9.91. The number of anilines is 1. The van der Waals surface area contributed by atoms with Gasteiger partial charge in [-0.2, -0.15) is 0 Å². The maximum absolute atomic E-state index is 13.0. The summed E-state index contributed by atoms with van der Waals surface area (Å²) in [5.74, 6) is 0.412. The molecule has 3 fully saturated rings. The van der Waals surface area contributed by atoms with Crippen LogP contribution in [-0.2, 0) is 9.59 Å². The highest BCUT2D eigenvalue weighted by atomic mass is 16.5. The average Bonchev–Trinajstić information content (AvgIpc) is 3.42. The van der Waals surface area contributed by atoms with Crippen LogP contribution in [0.2, 0.25) is 0 Å². The summed E-state index contributed by atoms with van der Waals surface area (Å²) >= 11 is 0. The van der Waals surface area contributed by atoms with Crippen LogP contribution in [0.5, 0.6) is 11.5 Å². The largest absolute Gasteiger partial charge is 0.497 e. The predicted molar refractivity (Wildman–Crippen MR) is 105 cm³/mol. The van der Waals surface area contributed by atoms with Crippen molar-refractivity contribution in [2.45, 2.75) is 19.3 Å². The zero-order chi connectivity index (χ0) is 20.1. The van der Waals surface area contributed by atoms with Crippen molar-refractivity contribution in [3.05, 3.63) is 54.1 Å². The maximum atomic E-state index is 13.0. The first-order chi connectivity index (χ1) is 14.1. The van der Waals surface area contributed by atoms with Crippen LogP contribution in [0.15, 0.2) is 48.5 Å². The molecule has 148 valence electrons. The van der Waals surface area contributed by atoms with Crippen LogP contribution in [0.4, 0.5) is 5.69 Å². The summed E-state index contributed by atoms with van der Waals surface area (Å²) < 4.78 is 10.6. The Morgan fingerprint density at radius 2 is 1.59 bits per heavy atom. The Hall–Kier alpha value is -3.15. The van der Waals surface area contributed by atoms with Crippen LogP contribution in [0.1, 0.15) is 29.6 Å². The minimum atomic E-state index is -0.532. The zero-order valence-corrected chi connectivity index (χ0v) is 16.0. The molecular formula is C23H21NO5. The van der Waals surface area contributed by atoms with Gasteiger partial charge in [0, 0.05) is 6.07 Å². The summed E-state index contributed by atoms with van der Waals surface area (Å²) in [6.45, 7) is 0. The molecule has 1 aliphatic heterocycles. The minimum Gasteiger partial charge on any atom is -0.497 e. The Morgan fingerprint density at radius 1 is 0.931 bits per heavy atom. The van der Waals surface area contributed by atoms with Crippen molar-refractivity contribution in [1.82, 2.24) is 0 Å². The molecular weight excluding hydrogens is 370 g/mol. The summed E-state index contributed by atoms with van der Waals surface area (Å²) in [5, 5.41) is 0. The van der Waals surface area contributed by atoms with Crippen molar-refractivity contribution in [1.29, 1.82) is 0 Å². The number of benzene rings is 2. The third-order valence-corrected chi connectivity index (χ3v) is 6.52. The van der Waals surface area contributed by atoms with Gasteiger partial charge in [-0.25, -0.2) is 9.69 Å². The fourth-order valence-electron chi connectivity index (χ4n) is 5.27. The molecule has 2 aromatic carbocycles. The molecule has 1 saturated heterocycles. The second-order valence-electron chi connectivity index (χ2n) is 8.02. The Balaban J connectivity index is 1.38. The van der Waals surface area contributed by atoms with Crippen LogP contribution in [0.3, 0.4) is 0 Å². The van der Waals surface area contributed by atoms with E-state index in [1.807, 2.05) is 0 Å². The molecule has 3 aliphatic rings. The molecule has 6 heteroatoms. The van der Waals surface area contributed by atoms with Gasteiger partial charge in [-0.3, -0.25) is 9.59 Å². The molecule has 0 N–H and O–H groups in total. The van der Waals surface area contributed by atoms with Gasteiger partial charge in [0.25, 0.3) is 0 Å². The molecule has 4 atom stereocenters. The maximum Gasteiger partial charge on any atom is 0.343 e. The number of ether oxygens (including phenoxy) is 2. The van der Waals surface area contributed by atoms with Crippen LogP contribution >= 0.6 is 0 Å². The van der Waals surface area contributed by atoms with Gasteiger partial charge in [-0.05, 0) is 61.4 Å². The van der Waals surface area contributed by atoms with Crippen LogP contribution in [0.25, 0.3) is 0 Å². The number of amides is 2. The van der Waals surface area contributed by atoms with E-state index < -0.39 is 5.97 Å². The molecule has 2 saturated carbocycles. The van der Waals surface area contributed by atoms with Crippen LogP contribution in [0, 0.1) is 23.7 Å². The van der Waals surface area contributed by atoms with E-state index in [0.717, 1.165) is 19.3 Å². The van der Waals surface area contributed by atoms with Crippen molar-refractivity contribution < 1.29 is 23.9 Å². The number of carbonyl (C=O) groups is 3. The molecule has 0 unspecified atom stereocenters. The van der Waals surface area contributed by atoms with E-state index in [2.05, 4.69) is 0 Å². The van der Waals surface area contributed by atoms with Gasteiger partial charge in [0.2, 0.25) is 11.8 Å². The zero-order valence-electron chi connectivity index (χ0n) is 16.0. The van der Waals surface area contributed by atoms with Crippen molar-refractivity contribution in [3.63, 3.8) is 0 Å². The summed E-state index contributed by atoms with van der Waals surface area (Å²) in [4.78, 5) is 39.8. The van der Waals surface area contributed by atoms with Crippen molar-refractivity contribution in [2.24, 2.45) is 23.7 Å². The van der Waals surface area contributed by atoms with Gasteiger partial charge in [0.15, 0.2) is 0 Å². The van der Waals surface area contributed by atoms with Gasteiger partial charge < -0.3 is 9.47 Å². The third-order valence-electron chi connectivity index (χ3n) is 6.52. The number of nitrogens with zero attached hydrogens (tertiary/aromatic N) is 1. The number of esters is 1. The lowest BCUT2D eigenvalue weighted by Crippen LogP contribution is -2.32. The van der Waals surface area contributed by atoms with E-state index in [4.69, 9.17) is 9.47 Å². The average molecular weight is 391 g/mol. The number of carbonyl (C=O) groups excluding carboxylic acids is 3. The third kappa shape index (κ3) is 2.82. The molecule has 2 bridgehead atoms. The van der Waals surface area contributed by atoms with E-state index in [-0.39, 0.29) is 29.4 Å². The summed E-state index contributed by atoms with van der Waals surface area (Å²) in [6, 6.07) is 13.3. The normalized spacial score (nSPS) is 27.3. The van der Waals surface area contributed by atoms with E-state index in [0.29, 0.717) is 28.8 Å². The second kappa shape index (κ2) is 6.72. The Labute approximate surface area is 168 Å². The quantitative estimate of drug-likeness (QED) is 0.453. The Kier molecular flexibility index (Phi) is 4.15. The number of methoxy groups -OCH3 is 1. The smallest absolute Gasteiger partial charge is 0.343 e. The monoisotopic (exact) mass is 391 g/mol. The highest BCUT2D eigenvalue weighted by Crippen LogP contribution is 2.56. The van der Waals surface area contributed by atoms with Crippen molar-refractivity contribution in [2.75, 3.05) is 12.0 Å². The Morgan fingerprint density at radius 3 is 2.28 bits per heavy atom. The molecule has 2 aliphatic carbocycles. The van der Waals surface area contributed by atoms with Gasteiger partial charge in [0.05, 0.1) is 30.2 Å². The highest BCUT2D eigenvalue weighted by molar-refractivity contribution is 6.22. The number of hydrogen-bond donors (Lipinski definition) is 0. The molecule has 0 spiro atoms. The molecule has 5 rings (SSSR count). The Bertz CT molecular complexity index is 988. The lowest BCUT2D eigenvalue weighted by Gasteiger charge is -2.19. The fourth-order valence-corrected chi connectivity index (χ4v) is 5.27. The molecule has 2 aromatic rings. The summed E-state index contributed by atoms with van der Waals surface area (Å²) in [7, 11) is 1.53. The van der Waals surface area contributed by atoms with Crippen molar-refractivity contribution >= 4 is 23.5 Å². The molecule has 6 nitrogen and oxygen atoms in total. The topological polar surface area (TPSA) is 72.9 Å². The standard InChI is InChI=1S/C23H21NO5/c1-28-17-6-2-4-15(11-17)23(27)29-18-7-3-5-16(12-18)24-21(25)19-13-8-9-14(10-13)20(19)22(24)26/h2-7,11-14,19-20H,8-10H2,1H3/t13-,14-,19-,20+/m0/s1. The first-order valence-electron chi connectivity index (χ1n) is 9.91. The molecule has 29 heavy (non-hydrogen) atoms. The van der Waals surface area contributed by atoms with Gasteiger partial charge >= 0.3 is 5.97 Å². The number of fused-ring (bicyclic) bond motifs is 5. The fraction of sp³-hybridized carbons (Fsp3) is 0.348. The van der Waals surface area contributed by atoms with Crippen LogP contribution in [-0.4, -0.2) is 24.9 Å². The van der Waals surface area contributed by atoms with Gasteiger partial charge in [-0.15, -0.1) is 0 Å². The highest BCUT2D eigenvalue weighted by Gasteiger charge is 2.61. The van der Waals surface area contributed by atoms with E-state index >= 15 is 0 Å². The van der Waals surface area contributed by atoms with Gasteiger partial charge in [-0.1, -0.05) is 12.1 Å². The SMILES string of the molecule is COc1cccc(C(=O)Oc2cccc(N3C(=O)[C@@H]4[C@H]5CC[C@@H](C5)[C@@H]4C3=O)c2)c1. The molecule has 0 radical (unpaired) electrons. The summed E-state index contributed by atoms with van der Waals surface area (Å²) in [5.41, 5.74) is 0.818. The predicted octanol–water partition coefficient (Wildman–Crippen LogP) is 3.45. The van der Waals surface area contributed by atoms with Crippen LogP contribution < -0.4 is 14.4 Å². The minimum absolute atomic E-state index is 0.108. The second-order valence-corrected chi connectivity index (χ2v) is 8.02. The molecule has 0 aromatic heterocycles.